The Bertz CT molecular complexity index is 441. The van der Waals surface area contributed by atoms with E-state index >= 15 is 0 Å². The van der Waals surface area contributed by atoms with E-state index in [2.05, 4.69) is 5.32 Å². The molecule has 98 valence electrons. The van der Waals surface area contributed by atoms with Gasteiger partial charge in [0, 0.05) is 12.5 Å². The van der Waals surface area contributed by atoms with Crippen LogP contribution in [0.2, 0.25) is 0 Å². The molecular formula is C14H18FNO2. The van der Waals surface area contributed by atoms with Crippen LogP contribution >= 0.6 is 0 Å². The molecule has 1 aliphatic carbocycles. The maximum Gasteiger partial charge on any atom is 0.223 e. The second-order valence-corrected chi connectivity index (χ2v) is 4.92. The van der Waals surface area contributed by atoms with Crippen molar-refractivity contribution >= 4 is 5.91 Å². The van der Waals surface area contributed by atoms with Gasteiger partial charge in [-0.25, -0.2) is 4.39 Å². The van der Waals surface area contributed by atoms with Crippen molar-refractivity contribution in [2.75, 3.05) is 0 Å². The van der Waals surface area contributed by atoms with Crippen LogP contribution < -0.4 is 10.1 Å². The Morgan fingerprint density at radius 2 is 2.22 bits per heavy atom. The minimum Gasteiger partial charge on any atom is -0.488 e. The van der Waals surface area contributed by atoms with E-state index in [1.54, 1.807) is 12.1 Å². The van der Waals surface area contributed by atoms with Crippen LogP contribution in [0, 0.1) is 11.7 Å². The zero-order valence-electron chi connectivity index (χ0n) is 10.7. The molecule has 1 N–H and O–H groups in total. The van der Waals surface area contributed by atoms with E-state index in [0.717, 1.165) is 18.4 Å². The maximum atomic E-state index is 13.7. The number of nitrogens with one attached hydrogen (secondary N) is 1. The first-order valence-corrected chi connectivity index (χ1v) is 6.29. The van der Waals surface area contributed by atoms with Crippen molar-refractivity contribution in [3.63, 3.8) is 0 Å². The van der Waals surface area contributed by atoms with Crippen molar-refractivity contribution in [3.8, 4) is 5.75 Å². The Labute approximate surface area is 106 Å². The zero-order valence-corrected chi connectivity index (χ0v) is 10.7. The van der Waals surface area contributed by atoms with Gasteiger partial charge in [0.15, 0.2) is 11.6 Å². The van der Waals surface area contributed by atoms with E-state index in [-0.39, 0.29) is 29.5 Å². The first kappa shape index (κ1) is 12.9. The molecule has 0 unspecified atom stereocenters. The lowest BCUT2D eigenvalue weighted by atomic mass is 10.2. The third-order valence-electron chi connectivity index (χ3n) is 2.77. The molecule has 0 spiro atoms. The van der Waals surface area contributed by atoms with Crippen LogP contribution in [0.25, 0.3) is 0 Å². The van der Waals surface area contributed by atoms with Crippen molar-refractivity contribution in [1.29, 1.82) is 0 Å². The Balaban J connectivity index is 1.93. The number of halogens is 1. The van der Waals surface area contributed by atoms with Crippen LogP contribution in [0.1, 0.15) is 32.3 Å². The molecule has 0 bridgehead atoms. The zero-order chi connectivity index (χ0) is 13.1. The van der Waals surface area contributed by atoms with Gasteiger partial charge in [0.25, 0.3) is 0 Å². The van der Waals surface area contributed by atoms with Gasteiger partial charge in [-0.05, 0) is 44.4 Å². The van der Waals surface area contributed by atoms with Crippen LogP contribution in [0.4, 0.5) is 4.39 Å². The van der Waals surface area contributed by atoms with Gasteiger partial charge in [0.05, 0.1) is 6.10 Å². The summed E-state index contributed by atoms with van der Waals surface area (Å²) in [5, 5.41) is 2.80. The summed E-state index contributed by atoms with van der Waals surface area (Å²) in [5.74, 6) is 0.112. The van der Waals surface area contributed by atoms with Gasteiger partial charge < -0.3 is 10.1 Å². The molecule has 1 aliphatic rings. The molecule has 0 aliphatic heterocycles. The predicted octanol–water partition coefficient (Wildman–Crippen LogP) is 2.64. The summed E-state index contributed by atoms with van der Waals surface area (Å²) < 4.78 is 19.0. The van der Waals surface area contributed by atoms with E-state index in [4.69, 9.17) is 4.74 Å². The molecule has 1 aromatic carbocycles. The molecule has 4 heteroatoms. The lowest BCUT2D eigenvalue weighted by molar-refractivity contribution is -0.122. The average molecular weight is 251 g/mol. The quantitative estimate of drug-likeness (QED) is 0.873. The summed E-state index contributed by atoms with van der Waals surface area (Å²) in [5.41, 5.74) is 0.748. The molecule has 1 saturated carbocycles. The second-order valence-electron chi connectivity index (χ2n) is 4.92. The number of ether oxygens (including phenoxy) is 1. The fourth-order valence-electron chi connectivity index (χ4n) is 1.68. The summed E-state index contributed by atoms with van der Waals surface area (Å²) in [6.07, 6.45) is 1.89. The number of carbonyl (C=O) groups is 1. The van der Waals surface area contributed by atoms with Crippen molar-refractivity contribution in [2.24, 2.45) is 5.92 Å². The lowest BCUT2D eigenvalue weighted by Gasteiger charge is -2.11. The highest BCUT2D eigenvalue weighted by molar-refractivity contribution is 5.80. The van der Waals surface area contributed by atoms with Gasteiger partial charge in [-0.3, -0.25) is 4.79 Å². The summed E-state index contributed by atoms with van der Waals surface area (Å²) in [6.45, 7) is 4.07. The largest absolute Gasteiger partial charge is 0.488 e. The second kappa shape index (κ2) is 5.38. The van der Waals surface area contributed by atoms with Crippen LogP contribution in [0.3, 0.4) is 0 Å². The van der Waals surface area contributed by atoms with Gasteiger partial charge in [-0.1, -0.05) is 6.07 Å². The van der Waals surface area contributed by atoms with E-state index in [1.807, 2.05) is 13.8 Å². The molecular weight excluding hydrogens is 233 g/mol. The van der Waals surface area contributed by atoms with Crippen LogP contribution in [-0.2, 0) is 11.3 Å². The molecule has 18 heavy (non-hydrogen) atoms. The van der Waals surface area contributed by atoms with Crippen molar-refractivity contribution in [2.45, 2.75) is 39.3 Å². The highest BCUT2D eigenvalue weighted by Crippen LogP contribution is 2.28. The standard InChI is InChI=1S/C14H18FNO2/c1-9(2)18-13-6-3-10(7-12(13)15)8-16-14(17)11-4-5-11/h3,6-7,9,11H,4-5,8H2,1-2H3,(H,16,17). The van der Waals surface area contributed by atoms with Crippen LogP contribution in [-0.4, -0.2) is 12.0 Å². The summed E-state index contributed by atoms with van der Waals surface area (Å²) in [4.78, 5) is 11.4. The third-order valence-corrected chi connectivity index (χ3v) is 2.77. The molecule has 0 aromatic heterocycles. The molecule has 1 fully saturated rings. The lowest BCUT2D eigenvalue weighted by Crippen LogP contribution is -2.24. The summed E-state index contributed by atoms with van der Waals surface area (Å²) in [6, 6.07) is 4.78. The molecule has 0 saturated heterocycles. The molecule has 2 rings (SSSR count). The van der Waals surface area contributed by atoms with Gasteiger partial charge >= 0.3 is 0 Å². The fourth-order valence-corrected chi connectivity index (χ4v) is 1.68. The van der Waals surface area contributed by atoms with E-state index < -0.39 is 0 Å². The first-order valence-electron chi connectivity index (χ1n) is 6.29. The van der Waals surface area contributed by atoms with Gasteiger partial charge in [0.1, 0.15) is 0 Å². The number of benzene rings is 1. The highest BCUT2D eigenvalue weighted by Gasteiger charge is 2.29. The van der Waals surface area contributed by atoms with E-state index in [0.29, 0.717) is 6.54 Å². The Hall–Kier alpha value is -1.58. The predicted molar refractivity (Wildman–Crippen MR) is 66.7 cm³/mol. The monoisotopic (exact) mass is 251 g/mol. The molecule has 3 nitrogen and oxygen atoms in total. The summed E-state index contributed by atoms with van der Waals surface area (Å²) >= 11 is 0. The van der Waals surface area contributed by atoms with Crippen molar-refractivity contribution in [1.82, 2.24) is 5.32 Å². The molecule has 0 radical (unpaired) electrons. The molecule has 1 amide bonds. The topological polar surface area (TPSA) is 38.3 Å². The third kappa shape index (κ3) is 3.45. The number of rotatable bonds is 5. The number of amides is 1. The van der Waals surface area contributed by atoms with Gasteiger partial charge in [-0.15, -0.1) is 0 Å². The average Bonchev–Trinajstić information content (AvgIpc) is 3.12. The number of hydrogen-bond donors (Lipinski definition) is 1. The van der Waals surface area contributed by atoms with Gasteiger partial charge in [-0.2, -0.15) is 0 Å². The van der Waals surface area contributed by atoms with Crippen LogP contribution in [0.15, 0.2) is 18.2 Å². The minimum absolute atomic E-state index is 0.0556. The maximum absolute atomic E-state index is 13.7. The molecule has 0 heterocycles. The Kier molecular flexibility index (Phi) is 3.84. The van der Waals surface area contributed by atoms with E-state index in [9.17, 15) is 9.18 Å². The van der Waals surface area contributed by atoms with Gasteiger partial charge in [0.2, 0.25) is 5.91 Å². The fraction of sp³-hybridized carbons (Fsp3) is 0.500. The van der Waals surface area contributed by atoms with Crippen molar-refractivity contribution < 1.29 is 13.9 Å². The van der Waals surface area contributed by atoms with Crippen molar-refractivity contribution in [3.05, 3.63) is 29.6 Å². The highest BCUT2D eigenvalue weighted by atomic mass is 19.1. The SMILES string of the molecule is CC(C)Oc1ccc(CNC(=O)C2CC2)cc1F. The Morgan fingerprint density at radius 1 is 1.50 bits per heavy atom. The van der Waals surface area contributed by atoms with Crippen LogP contribution in [0.5, 0.6) is 5.75 Å². The number of carbonyl (C=O) groups excluding carboxylic acids is 1. The normalized spacial score (nSPS) is 14.7. The molecule has 1 aromatic rings. The minimum atomic E-state index is -0.387. The van der Waals surface area contributed by atoms with E-state index in [1.165, 1.54) is 6.07 Å². The smallest absolute Gasteiger partial charge is 0.223 e. The Morgan fingerprint density at radius 3 is 2.78 bits per heavy atom. The number of hydrogen-bond acceptors (Lipinski definition) is 2. The first-order chi connectivity index (χ1) is 8.56. The molecule has 0 atom stereocenters. The summed E-state index contributed by atoms with van der Waals surface area (Å²) in [7, 11) is 0.